The van der Waals surface area contributed by atoms with Gasteiger partial charge in [-0.3, -0.25) is 4.79 Å². The minimum absolute atomic E-state index is 0.0881. The molecule has 1 heterocycles. The molecular formula is C14H11F2N3O. The number of rotatable bonds is 2. The number of carbonyl (C=O) groups excluding carboxylic acids is 1. The molecule has 0 radical (unpaired) electrons. The molecular weight excluding hydrogens is 264 g/mol. The van der Waals surface area contributed by atoms with Gasteiger partial charge in [0.15, 0.2) is 0 Å². The predicted octanol–water partition coefficient (Wildman–Crippen LogP) is 2.56. The highest BCUT2D eigenvalue weighted by Gasteiger charge is 2.47. The Hall–Kier alpha value is -2.37. The minimum atomic E-state index is -3.32. The van der Waals surface area contributed by atoms with E-state index >= 15 is 0 Å². The standard InChI is InChI=1S/C14H11F2N3O/c1-17-13-18-6-8(7-19-13)9-3-2-4-10-11(9)5-14(15,16)12(10)20/h2-4,6-7H,5H2,1H3,(H,17,18,19). The van der Waals surface area contributed by atoms with E-state index in [9.17, 15) is 13.6 Å². The Balaban J connectivity index is 2.11. The van der Waals surface area contributed by atoms with Crippen LogP contribution in [0.25, 0.3) is 11.1 Å². The molecule has 1 aliphatic carbocycles. The number of benzene rings is 1. The van der Waals surface area contributed by atoms with E-state index in [1.54, 1.807) is 31.6 Å². The topological polar surface area (TPSA) is 54.9 Å². The zero-order chi connectivity index (χ0) is 14.3. The Morgan fingerprint density at radius 1 is 1.20 bits per heavy atom. The first-order valence-corrected chi connectivity index (χ1v) is 6.07. The van der Waals surface area contributed by atoms with Gasteiger partial charge in [-0.15, -0.1) is 0 Å². The Labute approximate surface area is 113 Å². The van der Waals surface area contributed by atoms with Gasteiger partial charge in [-0.25, -0.2) is 9.97 Å². The molecule has 0 aliphatic heterocycles. The van der Waals surface area contributed by atoms with Gasteiger partial charge in [0.05, 0.1) is 0 Å². The highest BCUT2D eigenvalue weighted by Crippen LogP contribution is 2.39. The zero-order valence-electron chi connectivity index (χ0n) is 10.7. The van der Waals surface area contributed by atoms with Crippen molar-refractivity contribution in [3.05, 3.63) is 41.7 Å². The highest BCUT2D eigenvalue weighted by atomic mass is 19.3. The van der Waals surface area contributed by atoms with Gasteiger partial charge in [-0.05, 0) is 11.1 Å². The van der Waals surface area contributed by atoms with Gasteiger partial charge >= 0.3 is 5.92 Å². The second-order valence-corrected chi connectivity index (χ2v) is 4.59. The smallest absolute Gasteiger partial charge is 0.313 e. The van der Waals surface area contributed by atoms with Crippen molar-refractivity contribution >= 4 is 11.7 Å². The molecule has 20 heavy (non-hydrogen) atoms. The van der Waals surface area contributed by atoms with E-state index in [1.165, 1.54) is 6.07 Å². The fourth-order valence-corrected chi connectivity index (χ4v) is 2.36. The van der Waals surface area contributed by atoms with Crippen LogP contribution < -0.4 is 5.32 Å². The second-order valence-electron chi connectivity index (χ2n) is 4.59. The minimum Gasteiger partial charge on any atom is -0.357 e. The normalized spacial score (nSPS) is 16.1. The van der Waals surface area contributed by atoms with Gasteiger partial charge in [0, 0.05) is 37.0 Å². The Morgan fingerprint density at radius 3 is 2.50 bits per heavy atom. The van der Waals surface area contributed by atoms with Crippen LogP contribution in [0.3, 0.4) is 0 Å². The molecule has 0 spiro atoms. The van der Waals surface area contributed by atoms with Crippen LogP contribution in [0.1, 0.15) is 15.9 Å². The third-order valence-electron chi connectivity index (χ3n) is 3.34. The number of Topliss-reactive ketones (excluding diaryl/α,β-unsaturated/α-hetero) is 1. The predicted molar refractivity (Wildman–Crippen MR) is 70.0 cm³/mol. The molecule has 1 aromatic heterocycles. The number of nitrogens with zero attached hydrogens (tertiary/aromatic N) is 2. The van der Waals surface area contributed by atoms with E-state index in [0.29, 0.717) is 22.6 Å². The van der Waals surface area contributed by atoms with Gasteiger partial charge < -0.3 is 5.32 Å². The summed E-state index contributed by atoms with van der Waals surface area (Å²) < 4.78 is 27.1. The van der Waals surface area contributed by atoms with E-state index in [-0.39, 0.29) is 5.56 Å². The van der Waals surface area contributed by atoms with Crippen LogP contribution in [0.5, 0.6) is 0 Å². The molecule has 2 aromatic rings. The number of anilines is 1. The first-order chi connectivity index (χ1) is 9.53. The van der Waals surface area contributed by atoms with Gasteiger partial charge in [0.25, 0.3) is 0 Å². The average Bonchev–Trinajstić information content (AvgIpc) is 2.69. The molecule has 0 saturated heterocycles. The third kappa shape index (κ3) is 1.84. The summed E-state index contributed by atoms with van der Waals surface area (Å²) in [6.07, 6.45) is 2.54. The van der Waals surface area contributed by atoms with Gasteiger partial charge in [-0.1, -0.05) is 18.2 Å². The number of ketones is 1. The molecule has 1 aliphatic rings. The molecule has 0 amide bonds. The fourth-order valence-electron chi connectivity index (χ4n) is 2.36. The van der Waals surface area contributed by atoms with Crippen molar-refractivity contribution in [2.24, 2.45) is 0 Å². The molecule has 3 rings (SSSR count). The van der Waals surface area contributed by atoms with E-state index < -0.39 is 18.1 Å². The fraction of sp³-hybridized carbons (Fsp3) is 0.214. The van der Waals surface area contributed by atoms with Crippen molar-refractivity contribution in [3.8, 4) is 11.1 Å². The molecule has 1 N–H and O–H groups in total. The largest absolute Gasteiger partial charge is 0.357 e. The molecule has 0 bridgehead atoms. The molecule has 4 nitrogen and oxygen atoms in total. The lowest BCUT2D eigenvalue weighted by molar-refractivity contribution is 0.0168. The Morgan fingerprint density at radius 2 is 1.85 bits per heavy atom. The van der Waals surface area contributed by atoms with Gasteiger partial charge in [-0.2, -0.15) is 8.78 Å². The van der Waals surface area contributed by atoms with E-state index in [2.05, 4.69) is 15.3 Å². The van der Waals surface area contributed by atoms with Crippen LogP contribution in [0.15, 0.2) is 30.6 Å². The zero-order valence-corrected chi connectivity index (χ0v) is 10.7. The summed E-state index contributed by atoms with van der Waals surface area (Å²) in [5.41, 5.74) is 1.65. The van der Waals surface area contributed by atoms with E-state index in [1.807, 2.05) is 0 Å². The van der Waals surface area contributed by atoms with Crippen molar-refractivity contribution in [2.45, 2.75) is 12.3 Å². The molecule has 0 saturated carbocycles. The summed E-state index contributed by atoms with van der Waals surface area (Å²) in [5, 5.41) is 2.78. The van der Waals surface area contributed by atoms with Gasteiger partial charge in [0.2, 0.25) is 11.7 Å². The average molecular weight is 275 g/mol. The summed E-state index contributed by atoms with van der Waals surface area (Å²) in [6.45, 7) is 0. The maximum Gasteiger partial charge on any atom is 0.313 e. The molecule has 0 atom stereocenters. The van der Waals surface area contributed by atoms with Crippen molar-refractivity contribution in [2.75, 3.05) is 12.4 Å². The molecule has 6 heteroatoms. The van der Waals surface area contributed by atoms with Crippen LogP contribution in [-0.4, -0.2) is 28.7 Å². The summed E-state index contributed by atoms with van der Waals surface area (Å²) in [7, 11) is 1.69. The highest BCUT2D eigenvalue weighted by molar-refractivity contribution is 6.07. The summed E-state index contributed by atoms with van der Waals surface area (Å²) >= 11 is 0. The van der Waals surface area contributed by atoms with Crippen LogP contribution in [0, 0.1) is 0 Å². The maximum atomic E-state index is 13.6. The maximum absolute atomic E-state index is 13.6. The Kier molecular flexibility index (Phi) is 2.74. The van der Waals surface area contributed by atoms with Crippen molar-refractivity contribution < 1.29 is 13.6 Å². The lowest BCUT2D eigenvalue weighted by atomic mass is 9.99. The van der Waals surface area contributed by atoms with Crippen molar-refractivity contribution in [1.29, 1.82) is 0 Å². The molecule has 1 aromatic carbocycles. The lowest BCUT2D eigenvalue weighted by Gasteiger charge is -2.07. The number of nitrogens with one attached hydrogen (secondary N) is 1. The van der Waals surface area contributed by atoms with Crippen molar-refractivity contribution in [3.63, 3.8) is 0 Å². The Bertz CT molecular complexity index is 683. The van der Waals surface area contributed by atoms with Crippen molar-refractivity contribution in [1.82, 2.24) is 9.97 Å². The number of halogens is 2. The molecule has 0 fully saturated rings. The van der Waals surface area contributed by atoms with E-state index in [4.69, 9.17) is 0 Å². The first kappa shape index (κ1) is 12.7. The molecule has 0 unspecified atom stereocenters. The summed E-state index contributed by atoms with van der Waals surface area (Å²) in [5.74, 6) is -3.98. The molecule has 102 valence electrons. The summed E-state index contributed by atoms with van der Waals surface area (Å²) in [6, 6.07) is 4.73. The van der Waals surface area contributed by atoms with Crippen LogP contribution in [0.4, 0.5) is 14.7 Å². The quantitative estimate of drug-likeness (QED) is 0.915. The van der Waals surface area contributed by atoms with Crippen LogP contribution in [-0.2, 0) is 6.42 Å². The SMILES string of the molecule is CNc1ncc(-c2cccc3c2CC(F)(F)C3=O)cn1. The number of hydrogen-bond donors (Lipinski definition) is 1. The van der Waals surface area contributed by atoms with Crippen LogP contribution in [0.2, 0.25) is 0 Å². The van der Waals surface area contributed by atoms with E-state index in [0.717, 1.165) is 0 Å². The van der Waals surface area contributed by atoms with Gasteiger partial charge in [0.1, 0.15) is 0 Å². The monoisotopic (exact) mass is 275 g/mol. The third-order valence-corrected chi connectivity index (χ3v) is 3.34. The number of aromatic nitrogens is 2. The lowest BCUT2D eigenvalue weighted by Crippen LogP contribution is -2.23. The second kappa shape index (κ2) is 4.33. The number of hydrogen-bond acceptors (Lipinski definition) is 4. The number of alkyl halides is 2. The number of fused-ring (bicyclic) bond motifs is 1. The first-order valence-electron chi connectivity index (χ1n) is 6.07. The number of carbonyl (C=O) groups is 1. The summed E-state index contributed by atoms with van der Waals surface area (Å²) in [4.78, 5) is 19.7. The van der Waals surface area contributed by atoms with Crippen LogP contribution >= 0.6 is 0 Å².